The molecule has 1 aliphatic heterocycles. The number of nitrogens with zero attached hydrogens (tertiary/aromatic N) is 5. The van der Waals surface area contributed by atoms with E-state index in [1.807, 2.05) is 27.7 Å². The van der Waals surface area contributed by atoms with Crippen LogP contribution >= 0.6 is 0 Å². The summed E-state index contributed by atoms with van der Waals surface area (Å²) in [6.07, 6.45) is 2.29. The van der Waals surface area contributed by atoms with Crippen LogP contribution in [0.15, 0.2) is 6.20 Å². The van der Waals surface area contributed by atoms with E-state index in [4.69, 9.17) is 0 Å². The molecule has 0 bridgehead atoms. The zero-order valence-corrected chi connectivity index (χ0v) is 14.0. The SMILES string of the molecule is CCN(CC)CC(=O)N1CC[C@@](O)(c2cn(C(C)C)nn2)C1. The first-order valence-electron chi connectivity index (χ1n) is 8.04. The number of carbonyl (C=O) groups excluding carboxylic acids is 1. The van der Waals surface area contributed by atoms with Crippen molar-refractivity contribution in [1.29, 1.82) is 0 Å². The lowest BCUT2D eigenvalue weighted by Gasteiger charge is -2.24. The zero-order valence-electron chi connectivity index (χ0n) is 14.0. The second kappa shape index (κ2) is 6.75. The molecule has 0 saturated carbocycles. The van der Waals surface area contributed by atoms with Gasteiger partial charge in [-0.2, -0.15) is 0 Å². The molecule has 0 unspecified atom stereocenters. The van der Waals surface area contributed by atoms with Gasteiger partial charge in [-0.15, -0.1) is 5.10 Å². The fourth-order valence-electron chi connectivity index (χ4n) is 2.70. The van der Waals surface area contributed by atoms with Crippen molar-refractivity contribution in [2.24, 2.45) is 0 Å². The quantitative estimate of drug-likeness (QED) is 0.834. The monoisotopic (exact) mass is 309 g/mol. The standard InChI is InChI=1S/C15H27N5O2/c1-5-18(6-2)10-14(21)19-8-7-15(22,11-19)13-9-20(12(3)4)17-16-13/h9,12,22H,5-8,10-11H2,1-4H3/t15-/m0/s1. The second-order valence-corrected chi connectivity index (χ2v) is 6.24. The third-order valence-electron chi connectivity index (χ3n) is 4.37. The van der Waals surface area contributed by atoms with Crippen molar-refractivity contribution in [3.63, 3.8) is 0 Å². The molecule has 1 saturated heterocycles. The summed E-state index contributed by atoms with van der Waals surface area (Å²) in [7, 11) is 0. The van der Waals surface area contributed by atoms with Crippen molar-refractivity contribution >= 4 is 5.91 Å². The molecule has 7 heteroatoms. The summed E-state index contributed by atoms with van der Waals surface area (Å²) in [6, 6.07) is 0.201. The minimum absolute atomic E-state index is 0.0656. The lowest BCUT2D eigenvalue weighted by molar-refractivity contribution is -0.132. The average molecular weight is 309 g/mol. The van der Waals surface area contributed by atoms with E-state index in [1.54, 1.807) is 15.8 Å². The third-order valence-corrected chi connectivity index (χ3v) is 4.37. The van der Waals surface area contributed by atoms with Crippen LogP contribution in [0.2, 0.25) is 0 Å². The molecular formula is C15H27N5O2. The van der Waals surface area contributed by atoms with Gasteiger partial charge in [0.05, 0.1) is 19.3 Å². The topological polar surface area (TPSA) is 74.5 Å². The number of amides is 1. The predicted octanol–water partition coefficient (Wildman–Crippen LogP) is 0.621. The van der Waals surface area contributed by atoms with Gasteiger partial charge in [-0.1, -0.05) is 19.1 Å². The van der Waals surface area contributed by atoms with Crippen molar-refractivity contribution in [2.75, 3.05) is 32.7 Å². The van der Waals surface area contributed by atoms with Gasteiger partial charge >= 0.3 is 0 Å². The number of aliphatic hydroxyl groups is 1. The maximum Gasteiger partial charge on any atom is 0.236 e. The Kier molecular flexibility index (Phi) is 5.18. The van der Waals surface area contributed by atoms with Gasteiger partial charge in [0.2, 0.25) is 5.91 Å². The summed E-state index contributed by atoms with van der Waals surface area (Å²) in [4.78, 5) is 16.1. The van der Waals surface area contributed by atoms with Gasteiger partial charge in [0.1, 0.15) is 11.3 Å². The van der Waals surface area contributed by atoms with Crippen LogP contribution in [0.3, 0.4) is 0 Å². The average Bonchev–Trinajstić information content (AvgIpc) is 3.12. The molecule has 2 heterocycles. The molecular weight excluding hydrogens is 282 g/mol. The highest BCUT2D eigenvalue weighted by Crippen LogP contribution is 2.30. The van der Waals surface area contributed by atoms with Crippen LogP contribution < -0.4 is 0 Å². The molecule has 1 atom stereocenters. The smallest absolute Gasteiger partial charge is 0.236 e. The van der Waals surface area contributed by atoms with Gasteiger partial charge in [0, 0.05) is 19.0 Å². The Labute approximate surface area is 131 Å². The first-order chi connectivity index (χ1) is 10.4. The van der Waals surface area contributed by atoms with E-state index in [1.165, 1.54) is 0 Å². The largest absolute Gasteiger partial charge is 0.381 e. The van der Waals surface area contributed by atoms with E-state index in [0.717, 1.165) is 13.1 Å². The van der Waals surface area contributed by atoms with E-state index in [9.17, 15) is 9.90 Å². The highest BCUT2D eigenvalue weighted by molar-refractivity contribution is 5.78. The van der Waals surface area contributed by atoms with Crippen LogP contribution in [0.5, 0.6) is 0 Å². The number of hydrogen-bond acceptors (Lipinski definition) is 5. The van der Waals surface area contributed by atoms with E-state index < -0.39 is 5.60 Å². The first kappa shape index (κ1) is 16.9. The Morgan fingerprint density at radius 1 is 1.45 bits per heavy atom. The molecule has 1 aromatic heterocycles. The summed E-state index contributed by atoms with van der Waals surface area (Å²) < 4.78 is 1.73. The van der Waals surface area contributed by atoms with E-state index >= 15 is 0 Å². The number of likely N-dealkylation sites (tertiary alicyclic amines) is 1. The number of aromatic nitrogens is 3. The number of likely N-dealkylation sites (N-methyl/N-ethyl adjacent to an activating group) is 1. The Bertz CT molecular complexity index is 512. The molecule has 1 aromatic rings. The molecule has 0 aromatic carbocycles. The number of carbonyl (C=O) groups is 1. The van der Waals surface area contributed by atoms with E-state index in [0.29, 0.717) is 31.7 Å². The van der Waals surface area contributed by atoms with Crippen molar-refractivity contribution in [3.8, 4) is 0 Å². The van der Waals surface area contributed by atoms with E-state index in [2.05, 4.69) is 15.2 Å². The van der Waals surface area contributed by atoms with Gasteiger partial charge in [-0.05, 0) is 26.9 Å². The van der Waals surface area contributed by atoms with Crippen molar-refractivity contribution in [2.45, 2.75) is 45.8 Å². The van der Waals surface area contributed by atoms with Crippen molar-refractivity contribution in [1.82, 2.24) is 24.8 Å². The van der Waals surface area contributed by atoms with Gasteiger partial charge < -0.3 is 10.0 Å². The molecule has 0 spiro atoms. The first-order valence-corrected chi connectivity index (χ1v) is 8.04. The predicted molar refractivity (Wildman–Crippen MR) is 83.3 cm³/mol. The summed E-state index contributed by atoms with van der Waals surface area (Å²) in [6.45, 7) is 11.1. The molecule has 1 fully saturated rings. The highest BCUT2D eigenvalue weighted by atomic mass is 16.3. The Morgan fingerprint density at radius 3 is 2.68 bits per heavy atom. The summed E-state index contributed by atoms with van der Waals surface area (Å²) in [5.74, 6) is 0.0656. The lowest BCUT2D eigenvalue weighted by Crippen LogP contribution is -2.41. The molecule has 0 radical (unpaired) electrons. The van der Waals surface area contributed by atoms with E-state index in [-0.39, 0.29) is 11.9 Å². The van der Waals surface area contributed by atoms with Crippen LogP contribution in [-0.2, 0) is 10.4 Å². The molecule has 1 amide bonds. The molecule has 2 rings (SSSR count). The normalized spacial score (nSPS) is 22.0. The highest BCUT2D eigenvalue weighted by Gasteiger charge is 2.42. The van der Waals surface area contributed by atoms with Gasteiger partial charge in [0.25, 0.3) is 0 Å². The van der Waals surface area contributed by atoms with Gasteiger partial charge in [-0.25, -0.2) is 4.68 Å². The molecule has 124 valence electrons. The van der Waals surface area contributed by atoms with Crippen molar-refractivity contribution in [3.05, 3.63) is 11.9 Å². The number of β-amino-alcohol motifs (C(OH)–C–C–N with tert-alkyl or cyclic N) is 1. The Morgan fingerprint density at radius 2 is 2.14 bits per heavy atom. The molecule has 0 aliphatic carbocycles. The maximum atomic E-state index is 12.3. The zero-order chi connectivity index (χ0) is 16.3. The van der Waals surface area contributed by atoms with Crippen LogP contribution in [0, 0.1) is 0 Å². The van der Waals surface area contributed by atoms with Crippen LogP contribution in [-0.4, -0.2) is 68.5 Å². The summed E-state index contributed by atoms with van der Waals surface area (Å²) in [5, 5.41) is 18.9. The third kappa shape index (κ3) is 3.47. The number of hydrogen-bond donors (Lipinski definition) is 1. The number of rotatable bonds is 6. The summed E-state index contributed by atoms with van der Waals surface area (Å²) in [5.41, 5.74) is -0.522. The van der Waals surface area contributed by atoms with Crippen LogP contribution in [0.25, 0.3) is 0 Å². The van der Waals surface area contributed by atoms with Crippen molar-refractivity contribution < 1.29 is 9.90 Å². The molecule has 7 nitrogen and oxygen atoms in total. The van der Waals surface area contributed by atoms with Gasteiger partial charge in [-0.3, -0.25) is 9.69 Å². The Hall–Kier alpha value is -1.47. The van der Waals surface area contributed by atoms with Crippen LogP contribution in [0.4, 0.5) is 0 Å². The maximum absolute atomic E-state index is 12.3. The minimum Gasteiger partial charge on any atom is -0.381 e. The Balaban J connectivity index is 2.02. The fourth-order valence-corrected chi connectivity index (χ4v) is 2.70. The summed E-state index contributed by atoms with van der Waals surface area (Å²) >= 11 is 0. The minimum atomic E-state index is -1.08. The fraction of sp³-hybridized carbons (Fsp3) is 0.800. The van der Waals surface area contributed by atoms with Crippen LogP contribution in [0.1, 0.15) is 45.9 Å². The molecule has 1 aliphatic rings. The lowest BCUT2D eigenvalue weighted by atomic mass is 10.00. The molecule has 1 N–H and O–H groups in total. The van der Waals surface area contributed by atoms with Gasteiger partial charge in [0.15, 0.2) is 0 Å². The molecule has 22 heavy (non-hydrogen) atoms. The second-order valence-electron chi connectivity index (χ2n) is 6.24.